The molecule has 110 valence electrons. The summed E-state index contributed by atoms with van der Waals surface area (Å²) >= 11 is 0. The Morgan fingerprint density at radius 2 is 2.16 bits per heavy atom. The molecular weight excluding hydrogens is 244 g/mol. The first-order valence-corrected chi connectivity index (χ1v) is 7.12. The lowest BCUT2D eigenvalue weighted by Crippen LogP contribution is -2.59. The van der Waals surface area contributed by atoms with Crippen molar-refractivity contribution in [3.63, 3.8) is 0 Å². The van der Waals surface area contributed by atoms with Crippen LogP contribution in [0.25, 0.3) is 0 Å². The van der Waals surface area contributed by atoms with E-state index in [0.29, 0.717) is 13.1 Å². The number of nitrogens with zero attached hydrogens (tertiary/aromatic N) is 1. The SMILES string of the molecule is CC1(C)CN(C(=O)C2(C)CCCC2N)CC(CO)O1. The highest BCUT2D eigenvalue weighted by molar-refractivity contribution is 5.83. The highest BCUT2D eigenvalue weighted by Crippen LogP contribution is 2.39. The molecular formula is C14H26N2O3. The zero-order chi connectivity index (χ0) is 14.3. The average molecular weight is 270 g/mol. The molecule has 2 fully saturated rings. The summed E-state index contributed by atoms with van der Waals surface area (Å²) in [6, 6.07) is -0.0569. The Balaban J connectivity index is 2.14. The number of rotatable bonds is 2. The van der Waals surface area contributed by atoms with Crippen LogP contribution in [-0.2, 0) is 9.53 Å². The van der Waals surface area contributed by atoms with Gasteiger partial charge in [0.05, 0.1) is 23.7 Å². The number of morpholine rings is 1. The second-order valence-electron chi connectivity index (χ2n) is 6.78. The first kappa shape index (κ1) is 14.8. The molecule has 5 heteroatoms. The maximum atomic E-state index is 12.8. The number of carbonyl (C=O) groups is 1. The van der Waals surface area contributed by atoms with Crippen molar-refractivity contribution < 1.29 is 14.6 Å². The van der Waals surface area contributed by atoms with Crippen molar-refractivity contribution in [2.45, 2.75) is 57.8 Å². The van der Waals surface area contributed by atoms with Crippen molar-refractivity contribution in [3.8, 4) is 0 Å². The molecule has 1 saturated heterocycles. The molecule has 0 aromatic carbocycles. The summed E-state index contributed by atoms with van der Waals surface area (Å²) in [5, 5.41) is 9.32. The van der Waals surface area contributed by atoms with E-state index >= 15 is 0 Å². The summed E-state index contributed by atoms with van der Waals surface area (Å²) in [6.07, 6.45) is 2.49. The van der Waals surface area contributed by atoms with Gasteiger partial charge >= 0.3 is 0 Å². The Morgan fingerprint density at radius 1 is 1.47 bits per heavy atom. The van der Waals surface area contributed by atoms with Gasteiger partial charge in [-0.15, -0.1) is 0 Å². The molecule has 2 aliphatic rings. The summed E-state index contributed by atoms with van der Waals surface area (Å²) in [5.41, 5.74) is 5.26. The molecule has 0 aromatic heterocycles. The summed E-state index contributed by atoms with van der Waals surface area (Å²) in [6.45, 7) is 6.84. The fourth-order valence-corrected chi connectivity index (χ4v) is 3.37. The van der Waals surface area contributed by atoms with Gasteiger partial charge in [-0.3, -0.25) is 4.79 Å². The Hall–Kier alpha value is -0.650. The smallest absolute Gasteiger partial charge is 0.230 e. The number of aliphatic hydroxyl groups excluding tert-OH is 1. The highest BCUT2D eigenvalue weighted by atomic mass is 16.5. The van der Waals surface area contributed by atoms with Crippen molar-refractivity contribution in [2.24, 2.45) is 11.1 Å². The first-order chi connectivity index (χ1) is 8.78. The Labute approximate surface area is 115 Å². The predicted octanol–water partition coefficient (Wildman–Crippen LogP) is 0.502. The standard InChI is InChI=1S/C14H26N2O3/c1-13(2)9-16(7-10(8-17)19-13)12(18)14(3)6-4-5-11(14)15/h10-11,17H,4-9,15H2,1-3H3. The average Bonchev–Trinajstić information content (AvgIpc) is 2.67. The normalized spacial score (nSPS) is 38.5. The van der Waals surface area contributed by atoms with Gasteiger partial charge in [0.1, 0.15) is 0 Å². The van der Waals surface area contributed by atoms with E-state index in [0.717, 1.165) is 19.3 Å². The van der Waals surface area contributed by atoms with Crippen molar-refractivity contribution in [2.75, 3.05) is 19.7 Å². The highest BCUT2D eigenvalue weighted by Gasteiger charge is 2.47. The topological polar surface area (TPSA) is 75.8 Å². The lowest BCUT2D eigenvalue weighted by atomic mass is 9.83. The third-order valence-corrected chi connectivity index (χ3v) is 4.49. The Morgan fingerprint density at radius 3 is 2.68 bits per heavy atom. The predicted molar refractivity (Wildman–Crippen MR) is 72.6 cm³/mol. The molecule has 3 N–H and O–H groups in total. The summed E-state index contributed by atoms with van der Waals surface area (Å²) in [7, 11) is 0. The Kier molecular flexibility index (Phi) is 3.91. The van der Waals surface area contributed by atoms with Gasteiger partial charge < -0.3 is 20.5 Å². The van der Waals surface area contributed by atoms with Crippen LogP contribution in [0.15, 0.2) is 0 Å². The zero-order valence-corrected chi connectivity index (χ0v) is 12.2. The van der Waals surface area contributed by atoms with Gasteiger partial charge in [0.15, 0.2) is 0 Å². The van der Waals surface area contributed by atoms with Crippen molar-refractivity contribution >= 4 is 5.91 Å². The molecule has 1 saturated carbocycles. The van der Waals surface area contributed by atoms with E-state index in [4.69, 9.17) is 10.5 Å². The maximum Gasteiger partial charge on any atom is 0.230 e. The quantitative estimate of drug-likeness (QED) is 0.766. The van der Waals surface area contributed by atoms with Gasteiger partial charge in [-0.1, -0.05) is 6.42 Å². The van der Waals surface area contributed by atoms with Crippen LogP contribution in [0.1, 0.15) is 40.0 Å². The van der Waals surface area contributed by atoms with Crippen molar-refractivity contribution in [3.05, 3.63) is 0 Å². The van der Waals surface area contributed by atoms with E-state index in [2.05, 4.69) is 0 Å². The first-order valence-electron chi connectivity index (χ1n) is 7.12. The number of nitrogens with two attached hydrogens (primary N) is 1. The third kappa shape index (κ3) is 2.78. The van der Waals surface area contributed by atoms with E-state index in [1.807, 2.05) is 25.7 Å². The number of aliphatic hydroxyl groups is 1. The molecule has 19 heavy (non-hydrogen) atoms. The van der Waals surface area contributed by atoms with Gasteiger partial charge in [0.25, 0.3) is 0 Å². The van der Waals surface area contributed by atoms with Gasteiger partial charge in [-0.25, -0.2) is 0 Å². The number of hydrogen-bond acceptors (Lipinski definition) is 4. The Bertz CT molecular complexity index is 359. The van der Waals surface area contributed by atoms with Crippen LogP contribution in [0.4, 0.5) is 0 Å². The van der Waals surface area contributed by atoms with E-state index < -0.39 is 11.0 Å². The van der Waals surface area contributed by atoms with Crippen LogP contribution < -0.4 is 5.73 Å². The molecule has 1 heterocycles. The number of hydrogen-bond donors (Lipinski definition) is 2. The summed E-state index contributed by atoms with van der Waals surface area (Å²) in [4.78, 5) is 14.6. The van der Waals surface area contributed by atoms with Crippen LogP contribution in [0.2, 0.25) is 0 Å². The van der Waals surface area contributed by atoms with Gasteiger partial charge in [0.2, 0.25) is 5.91 Å². The number of carbonyl (C=O) groups excluding carboxylic acids is 1. The molecule has 1 aliphatic carbocycles. The molecule has 3 unspecified atom stereocenters. The summed E-state index contributed by atoms with van der Waals surface area (Å²) < 4.78 is 5.75. The van der Waals surface area contributed by atoms with E-state index in [1.54, 1.807) is 0 Å². The van der Waals surface area contributed by atoms with Crippen LogP contribution in [-0.4, -0.2) is 53.4 Å². The fraction of sp³-hybridized carbons (Fsp3) is 0.929. The maximum absolute atomic E-state index is 12.8. The van der Waals surface area contributed by atoms with Crippen molar-refractivity contribution in [1.29, 1.82) is 0 Å². The lowest BCUT2D eigenvalue weighted by molar-refractivity contribution is -0.174. The van der Waals surface area contributed by atoms with E-state index in [1.165, 1.54) is 0 Å². The van der Waals surface area contributed by atoms with Gasteiger partial charge in [-0.2, -0.15) is 0 Å². The van der Waals surface area contributed by atoms with Crippen LogP contribution in [0.3, 0.4) is 0 Å². The van der Waals surface area contributed by atoms with Crippen LogP contribution in [0.5, 0.6) is 0 Å². The minimum absolute atomic E-state index is 0.0569. The molecule has 3 atom stereocenters. The second-order valence-corrected chi connectivity index (χ2v) is 6.78. The van der Waals surface area contributed by atoms with E-state index in [-0.39, 0.29) is 24.7 Å². The van der Waals surface area contributed by atoms with Crippen LogP contribution in [0, 0.1) is 5.41 Å². The van der Waals surface area contributed by atoms with Gasteiger partial charge in [0, 0.05) is 19.1 Å². The minimum atomic E-state index is -0.451. The van der Waals surface area contributed by atoms with E-state index in [9.17, 15) is 9.90 Å². The largest absolute Gasteiger partial charge is 0.394 e. The molecule has 1 aliphatic heterocycles. The molecule has 0 radical (unpaired) electrons. The minimum Gasteiger partial charge on any atom is -0.394 e. The number of amides is 1. The third-order valence-electron chi connectivity index (χ3n) is 4.49. The van der Waals surface area contributed by atoms with Crippen molar-refractivity contribution in [1.82, 2.24) is 4.90 Å². The monoisotopic (exact) mass is 270 g/mol. The van der Waals surface area contributed by atoms with Gasteiger partial charge in [-0.05, 0) is 33.6 Å². The van der Waals surface area contributed by atoms with Crippen LogP contribution >= 0.6 is 0 Å². The molecule has 2 rings (SSSR count). The molecule has 1 amide bonds. The summed E-state index contributed by atoms with van der Waals surface area (Å²) in [5.74, 6) is 0.118. The fourth-order valence-electron chi connectivity index (χ4n) is 3.37. The molecule has 5 nitrogen and oxygen atoms in total. The lowest BCUT2D eigenvalue weighted by Gasteiger charge is -2.45. The number of ether oxygens (including phenoxy) is 1. The zero-order valence-electron chi connectivity index (χ0n) is 12.2. The molecule has 0 bridgehead atoms. The molecule has 0 aromatic rings. The molecule has 0 spiro atoms. The second kappa shape index (κ2) is 5.04.